The zero-order valence-electron chi connectivity index (χ0n) is 11.1. The first-order valence-corrected chi connectivity index (χ1v) is 7.35. The lowest BCUT2D eigenvalue weighted by molar-refractivity contribution is -0.137. The number of carbonyl (C=O) groups is 2. The van der Waals surface area contributed by atoms with Crippen molar-refractivity contribution in [1.29, 1.82) is 0 Å². The van der Waals surface area contributed by atoms with E-state index in [1.807, 2.05) is 0 Å². The summed E-state index contributed by atoms with van der Waals surface area (Å²) in [7, 11) is -1.86. The van der Waals surface area contributed by atoms with Crippen LogP contribution in [0.25, 0.3) is 0 Å². The molecule has 0 spiro atoms. The van der Waals surface area contributed by atoms with Gasteiger partial charge in [0.2, 0.25) is 5.91 Å². The molecule has 0 saturated carbocycles. The van der Waals surface area contributed by atoms with Gasteiger partial charge in [-0.05, 0) is 18.1 Å². The molecule has 0 radical (unpaired) electrons. The Hall–Kier alpha value is -1.76. The number of nitrogens with one attached hydrogen (secondary N) is 1. The van der Waals surface area contributed by atoms with Crippen molar-refractivity contribution in [3.05, 3.63) is 30.1 Å². The van der Waals surface area contributed by atoms with Gasteiger partial charge in [0.15, 0.2) is 0 Å². The molecule has 2 unspecified atom stereocenters. The maximum Gasteiger partial charge on any atom is 0.319 e. The van der Waals surface area contributed by atoms with Crippen molar-refractivity contribution < 1.29 is 23.3 Å². The minimum atomic E-state index is -1.86. The summed E-state index contributed by atoms with van der Waals surface area (Å²) in [5.41, 5.74) is -0.0223. The minimum Gasteiger partial charge on any atom is -0.480 e. The number of carboxylic acid groups (broad SMARTS) is 1. The predicted octanol–water partition coefficient (Wildman–Crippen LogP) is 1.62. The van der Waals surface area contributed by atoms with E-state index in [1.165, 1.54) is 18.2 Å². The number of rotatable bonds is 6. The van der Waals surface area contributed by atoms with Crippen LogP contribution in [0.1, 0.15) is 13.8 Å². The summed E-state index contributed by atoms with van der Waals surface area (Å²) >= 11 is 0. The van der Waals surface area contributed by atoms with Crippen molar-refractivity contribution in [2.24, 2.45) is 5.92 Å². The van der Waals surface area contributed by atoms with E-state index < -0.39 is 39.5 Å². The van der Waals surface area contributed by atoms with E-state index in [0.29, 0.717) is 0 Å². The first kappa shape index (κ1) is 16.3. The lowest BCUT2D eigenvalue weighted by Gasteiger charge is -2.15. The number of carboxylic acids is 1. The molecule has 0 aromatic heterocycles. The molecule has 0 saturated heterocycles. The summed E-state index contributed by atoms with van der Waals surface area (Å²) in [6.45, 7) is 3.23. The lowest BCUT2D eigenvalue weighted by Crippen LogP contribution is -2.35. The molecule has 110 valence electrons. The van der Waals surface area contributed by atoms with Gasteiger partial charge in [-0.1, -0.05) is 26.0 Å². The van der Waals surface area contributed by atoms with Crippen LogP contribution < -0.4 is 5.32 Å². The summed E-state index contributed by atoms with van der Waals surface area (Å²) in [6.07, 6.45) is 0. The van der Waals surface area contributed by atoms with Gasteiger partial charge in [0.05, 0.1) is 5.69 Å². The molecule has 2 N–H and O–H groups in total. The molecule has 2 atom stereocenters. The lowest BCUT2D eigenvalue weighted by atomic mass is 10.1. The highest BCUT2D eigenvalue weighted by Crippen LogP contribution is 2.14. The van der Waals surface area contributed by atoms with Crippen molar-refractivity contribution in [1.82, 2.24) is 0 Å². The molecule has 0 bridgehead atoms. The minimum absolute atomic E-state index is 0.0223. The molecule has 0 aliphatic rings. The number of benzene rings is 1. The molecule has 1 aromatic rings. The quantitative estimate of drug-likeness (QED) is 0.836. The highest BCUT2D eigenvalue weighted by molar-refractivity contribution is 7.87. The van der Waals surface area contributed by atoms with Gasteiger partial charge in [-0.25, -0.2) is 4.39 Å². The summed E-state index contributed by atoms with van der Waals surface area (Å²) in [5.74, 6) is -3.35. The number of amides is 1. The number of para-hydroxylation sites is 1. The first-order chi connectivity index (χ1) is 9.32. The molecule has 0 heterocycles. The molecule has 0 fully saturated rings. The molecule has 0 aliphatic heterocycles. The Morgan fingerprint density at radius 1 is 1.35 bits per heavy atom. The number of aliphatic carboxylic acids is 1. The second-order valence-corrected chi connectivity index (χ2v) is 6.11. The number of hydrogen-bond acceptors (Lipinski definition) is 3. The molecule has 20 heavy (non-hydrogen) atoms. The molecule has 5 nitrogen and oxygen atoms in total. The third kappa shape index (κ3) is 4.41. The molecule has 1 rings (SSSR count). The van der Waals surface area contributed by atoms with Crippen LogP contribution in [0.3, 0.4) is 0 Å². The average molecular weight is 301 g/mol. The molecular formula is C13H16FNO4S. The van der Waals surface area contributed by atoms with Crippen molar-refractivity contribution in [2.45, 2.75) is 19.1 Å². The van der Waals surface area contributed by atoms with Crippen LogP contribution in [0, 0.1) is 11.7 Å². The van der Waals surface area contributed by atoms with Crippen molar-refractivity contribution >= 4 is 28.4 Å². The molecule has 1 amide bonds. The normalized spacial score (nSPS) is 13.8. The van der Waals surface area contributed by atoms with E-state index >= 15 is 0 Å². The molecule has 0 aliphatic carbocycles. The fourth-order valence-electron chi connectivity index (χ4n) is 1.67. The highest BCUT2D eigenvalue weighted by atomic mass is 32.2. The van der Waals surface area contributed by atoms with E-state index in [1.54, 1.807) is 19.9 Å². The Labute approximate surface area is 118 Å². The van der Waals surface area contributed by atoms with Gasteiger partial charge in [-0.3, -0.25) is 13.8 Å². The number of anilines is 1. The Morgan fingerprint density at radius 2 is 1.95 bits per heavy atom. The van der Waals surface area contributed by atoms with Crippen LogP contribution in [0.5, 0.6) is 0 Å². The zero-order chi connectivity index (χ0) is 15.3. The van der Waals surface area contributed by atoms with Crippen molar-refractivity contribution in [3.8, 4) is 0 Å². The number of hydrogen-bond donors (Lipinski definition) is 2. The molecule has 7 heteroatoms. The van der Waals surface area contributed by atoms with Crippen LogP contribution in [0.2, 0.25) is 0 Å². The Balaban J connectivity index is 2.69. The van der Waals surface area contributed by atoms with Crippen LogP contribution in [0.4, 0.5) is 10.1 Å². The third-order valence-corrected chi connectivity index (χ3v) is 4.41. The van der Waals surface area contributed by atoms with Crippen LogP contribution in [-0.2, 0) is 20.4 Å². The van der Waals surface area contributed by atoms with Gasteiger partial charge >= 0.3 is 5.97 Å². The van der Waals surface area contributed by atoms with Crippen LogP contribution in [0.15, 0.2) is 24.3 Å². The largest absolute Gasteiger partial charge is 0.480 e. The van der Waals surface area contributed by atoms with Gasteiger partial charge in [0.25, 0.3) is 0 Å². The van der Waals surface area contributed by atoms with E-state index in [4.69, 9.17) is 5.11 Å². The Bertz CT molecular complexity index is 533. The maximum atomic E-state index is 13.3. The fourth-order valence-corrected chi connectivity index (χ4v) is 3.01. The second kappa shape index (κ2) is 7.14. The Kier molecular flexibility index (Phi) is 5.82. The van der Waals surface area contributed by atoms with Crippen LogP contribution >= 0.6 is 0 Å². The summed E-state index contributed by atoms with van der Waals surface area (Å²) in [5, 5.41) is 10.1. The Morgan fingerprint density at radius 3 is 2.45 bits per heavy atom. The summed E-state index contributed by atoms with van der Waals surface area (Å²) in [4.78, 5) is 22.7. The van der Waals surface area contributed by atoms with Crippen molar-refractivity contribution in [3.63, 3.8) is 0 Å². The van der Waals surface area contributed by atoms with Gasteiger partial charge in [-0.2, -0.15) is 0 Å². The van der Waals surface area contributed by atoms with E-state index in [-0.39, 0.29) is 11.6 Å². The topological polar surface area (TPSA) is 83.5 Å². The summed E-state index contributed by atoms with van der Waals surface area (Å²) < 4.78 is 25.2. The first-order valence-electron chi connectivity index (χ1n) is 5.97. The standard InChI is InChI=1S/C13H16FNO4S/c1-8(2)12(13(17)18)20(19)7-11(16)15-10-6-4-3-5-9(10)14/h3-6,8,12H,7H2,1-2H3,(H,15,16)(H,17,18). The van der Waals surface area contributed by atoms with Gasteiger partial charge in [-0.15, -0.1) is 0 Å². The third-order valence-electron chi connectivity index (χ3n) is 2.55. The van der Waals surface area contributed by atoms with Crippen molar-refractivity contribution in [2.75, 3.05) is 11.1 Å². The average Bonchev–Trinajstić information content (AvgIpc) is 2.30. The van der Waals surface area contributed by atoms with Gasteiger partial charge in [0.1, 0.15) is 16.8 Å². The maximum absolute atomic E-state index is 13.3. The highest BCUT2D eigenvalue weighted by Gasteiger charge is 2.29. The second-order valence-electron chi connectivity index (χ2n) is 4.56. The SMILES string of the molecule is CC(C)C(C(=O)O)S(=O)CC(=O)Nc1ccccc1F. The molecular weight excluding hydrogens is 285 g/mol. The predicted molar refractivity (Wildman–Crippen MR) is 74.3 cm³/mol. The van der Waals surface area contributed by atoms with Crippen LogP contribution in [-0.4, -0.2) is 32.2 Å². The number of halogens is 1. The number of carbonyl (C=O) groups excluding carboxylic acids is 1. The van der Waals surface area contributed by atoms with E-state index in [9.17, 15) is 18.2 Å². The smallest absolute Gasteiger partial charge is 0.319 e. The van der Waals surface area contributed by atoms with E-state index in [0.717, 1.165) is 0 Å². The van der Waals surface area contributed by atoms with Gasteiger partial charge in [0, 0.05) is 10.8 Å². The molecule has 1 aromatic carbocycles. The van der Waals surface area contributed by atoms with E-state index in [2.05, 4.69) is 5.32 Å². The summed E-state index contributed by atoms with van der Waals surface area (Å²) in [6, 6.07) is 5.57. The monoisotopic (exact) mass is 301 g/mol. The zero-order valence-corrected chi connectivity index (χ0v) is 11.9. The fraction of sp³-hybridized carbons (Fsp3) is 0.385. The van der Waals surface area contributed by atoms with Gasteiger partial charge < -0.3 is 10.4 Å².